The molecule has 1 aliphatic rings. The van der Waals surface area contributed by atoms with E-state index in [4.69, 9.17) is 21.2 Å². The molecule has 1 rings (SSSR count). The molecule has 1 aliphatic heterocycles. The van der Waals surface area contributed by atoms with Gasteiger partial charge in [0.15, 0.2) is 0 Å². The summed E-state index contributed by atoms with van der Waals surface area (Å²) in [6.45, 7) is 14.6. The second-order valence-corrected chi connectivity index (χ2v) is 20.7. The molecule has 0 aromatic rings. The third kappa shape index (κ3) is 5.17. The van der Waals surface area contributed by atoms with Gasteiger partial charge in [0.25, 0.3) is 0 Å². The Kier molecular flexibility index (Phi) is 5.42. The Balaban J connectivity index is 3.07. The molecule has 0 bridgehead atoms. The summed E-state index contributed by atoms with van der Waals surface area (Å²) < 4.78 is 30.7. The minimum atomic E-state index is -2.40. The summed E-state index contributed by atoms with van der Waals surface area (Å²) in [5, 5.41) is 0. The maximum absolute atomic E-state index is 6.43. The van der Waals surface area contributed by atoms with Gasteiger partial charge in [-0.15, -0.1) is 0 Å². The molecule has 9 heteroatoms. The molecule has 0 saturated carbocycles. The van der Waals surface area contributed by atoms with E-state index >= 15 is 0 Å². The van der Waals surface area contributed by atoms with Crippen LogP contribution in [0.2, 0.25) is 45.3 Å². The molecule has 0 radical (unpaired) electrons. The van der Waals surface area contributed by atoms with Crippen molar-refractivity contribution in [2.45, 2.75) is 52.2 Å². The molecular weight excluding hydrogens is 312 g/mol. The van der Waals surface area contributed by atoms with Crippen LogP contribution in [-0.4, -0.2) is 47.6 Å². The Morgan fingerprint density at radius 2 is 1.21 bits per heavy atom. The fraction of sp³-hybridized carbons (Fsp3) is 1.00. The first kappa shape index (κ1) is 17.7. The number of ether oxygens (including phenoxy) is 1. The van der Waals surface area contributed by atoms with Crippen LogP contribution in [0.3, 0.4) is 0 Å². The molecule has 2 atom stereocenters. The lowest BCUT2D eigenvalue weighted by Crippen LogP contribution is -2.67. The zero-order valence-corrected chi connectivity index (χ0v) is 17.5. The van der Waals surface area contributed by atoms with Crippen LogP contribution in [0.25, 0.3) is 0 Å². The standard InChI is InChI=1S/C10H28O5Si4/c1-9-18(7)13-16(3,4)12-17(5,6)14-19(8,15-18)10-11-2/h9-10H2,1-8H3. The van der Waals surface area contributed by atoms with E-state index in [1.165, 1.54) is 0 Å². The van der Waals surface area contributed by atoms with Crippen LogP contribution in [-0.2, 0) is 21.2 Å². The molecule has 2 unspecified atom stereocenters. The summed E-state index contributed by atoms with van der Waals surface area (Å²) in [6.07, 6.45) is 0.515. The highest BCUT2D eigenvalue weighted by Crippen LogP contribution is 2.32. The Morgan fingerprint density at radius 3 is 1.63 bits per heavy atom. The summed E-state index contributed by atoms with van der Waals surface area (Å²) >= 11 is 0. The fourth-order valence-corrected chi connectivity index (χ4v) is 23.7. The highest BCUT2D eigenvalue weighted by atomic mass is 28.5. The summed E-state index contributed by atoms with van der Waals surface area (Å²) in [7, 11) is -7.40. The second-order valence-electron chi connectivity index (χ2n) is 6.26. The minimum absolute atomic E-state index is 0.515. The lowest BCUT2D eigenvalue weighted by molar-refractivity contribution is 0.176. The van der Waals surface area contributed by atoms with Crippen molar-refractivity contribution in [3.63, 3.8) is 0 Å². The predicted molar refractivity (Wildman–Crippen MR) is 84.9 cm³/mol. The second kappa shape index (κ2) is 5.81. The Bertz CT molecular complexity index is 327. The topological polar surface area (TPSA) is 46.2 Å². The fourth-order valence-electron chi connectivity index (χ4n) is 2.64. The Morgan fingerprint density at radius 1 is 0.737 bits per heavy atom. The molecule has 114 valence electrons. The van der Waals surface area contributed by atoms with E-state index in [0.29, 0.717) is 6.23 Å². The summed E-state index contributed by atoms with van der Waals surface area (Å²) in [6, 6.07) is 0.893. The zero-order valence-electron chi connectivity index (χ0n) is 13.5. The molecule has 0 aromatic carbocycles. The molecule has 5 nitrogen and oxygen atoms in total. The van der Waals surface area contributed by atoms with Gasteiger partial charge in [-0.1, -0.05) is 6.92 Å². The lowest BCUT2D eigenvalue weighted by Gasteiger charge is -2.48. The molecule has 0 aromatic heterocycles. The third-order valence-corrected chi connectivity index (χ3v) is 19.8. The maximum atomic E-state index is 6.43. The van der Waals surface area contributed by atoms with Gasteiger partial charge in [-0.05, 0) is 45.3 Å². The Labute approximate surface area is 121 Å². The van der Waals surface area contributed by atoms with E-state index < -0.39 is 34.2 Å². The van der Waals surface area contributed by atoms with Crippen molar-refractivity contribution in [2.24, 2.45) is 0 Å². The summed E-state index contributed by atoms with van der Waals surface area (Å²) in [4.78, 5) is 0. The van der Waals surface area contributed by atoms with Crippen LogP contribution in [0.4, 0.5) is 0 Å². The zero-order chi connectivity index (χ0) is 14.9. The van der Waals surface area contributed by atoms with Crippen molar-refractivity contribution in [1.29, 1.82) is 0 Å². The van der Waals surface area contributed by atoms with Gasteiger partial charge in [0, 0.05) is 7.11 Å². The van der Waals surface area contributed by atoms with Crippen molar-refractivity contribution >= 4 is 34.2 Å². The van der Waals surface area contributed by atoms with Crippen LogP contribution in [0.1, 0.15) is 6.92 Å². The van der Waals surface area contributed by atoms with Gasteiger partial charge in [-0.3, -0.25) is 0 Å². The lowest BCUT2D eigenvalue weighted by atomic mass is 11.0. The van der Waals surface area contributed by atoms with Crippen LogP contribution in [0.15, 0.2) is 0 Å². The quantitative estimate of drug-likeness (QED) is 0.739. The molecule has 0 spiro atoms. The van der Waals surface area contributed by atoms with Crippen LogP contribution < -0.4 is 0 Å². The van der Waals surface area contributed by atoms with Crippen molar-refractivity contribution in [1.82, 2.24) is 0 Å². The summed E-state index contributed by atoms with van der Waals surface area (Å²) in [5.74, 6) is 0. The first-order valence-electron chi connectivity index (χ1n) is 6.74. The first-order chi connectivity index (χ1) is 8.45. The monoisotopic (exact) mass is 340 g/mol. The molecule has 0 aliphatic carbocycles. The minimum Gasteiger partial charge on any atom is -0.416 e. The van der Waals surface area contributed by atoms with Gasteiger partial charge >= 0.3 is 34.2 Å². The van der Waals surface area contributed by atoms with Gasteiger partial charge in [-0.2, -0.15) is 0 Å². The normalized spacial score (nSPS) is 38.5. The number of hydrogen-bond donors (Lipinski definition) is 0. The van der Waals surface area contributed by atoms with Crippen molar-refractivity contribution in [3.05, 3.63) is 0 Å². The average Bonchev–Trinajstić information content (AvgIpc) is 2.10. The maximum Gasteiger partial charge on any atom is 0.344 e. The van der Waals surface area contributed by atoms with Crippen molar-refractivity contribution < 1.29 is 21.2 Å². The largest absolute Gasteiger partial charge is 0.416 e. The van der Waals surface area contributed by atoms with E-state index in [9.17, 15) is 0 Å². The van der Waals surface area contributed by atoms with Gasteiger partial charge in [0.1, 0.15) is 0 Å². The highest BCUT2D eigenvalue weighted by molar-refractivity contribution is 6.93. The molecule has 0 N–H and O–H groups in total. The molecule has 19 heavy (non-hydrogen) atoms. The van der Waals surface area contributed by atoms with Crippen LogP contribution in [0.5, 0.6) is 0 Å². The number of hydrogen-bond acceptors (Lipinski definition) is 5. The van der Waals surface area contributed by atoms with E-state index in [1.807, 2.05) is 0 Å². The average molecular weight is 341 g/mol. The van der Waals surface area contributed by atoms with E-state index in [-0.39, 0.29) is 0 Å². The molecule has 1 saturated heterocycles. The van der Waals surface area contributed by atoms with Crippen molar-refractivity contribution in [3.8, 4) is 0 Å². The van der Waals surface area contributed by atoms with Gasteiger partial charge in [0.05, 0.1) is 6.23 Å². The summed E-state index contributed by atoms with van der Waals surface area (Å²) in [5.41, 5.74) is 0. The Hall–Kier alpha value is 0.668. The van der Waals surface area contributed by atoms with Crippen LogP contribution >= 0.6 is 0 Å². The number of methoxy groups -OCH3 is 1. The molecule has 1 heterocycles. The predicted octanol–water partition coefficient (Wildman–Crippen LogP) is 2.82. The molecule has 1 fully saturated rings. The van der Waals surface area contributed by atoms with Gasteiger partial charge in [-0.25, -0.2) is 0 Å². The molecular formula is C10H28O5Si4. The first-order valence-corrected chi connectivity index (χ1v) is 17.4. The number of rotatable bonds is 3. The van der Waals surface area contributed by atoms with Gasteiger partial charge in [0.2, 0.25) is 0 Å². The van der Waals surface area contributed by atoms with Crippen molar-refractivity contribution in [2.75, 3.05) is 13.3 Å². The van der Waals surface area contributed by atoms with E-state index in [1.54, 1.807) is 7.11 Å². The highest BCUT2D eigenvalue weighted by Gasteiger charge is 2.53. The van der Waals surface area contributed by atoms with E-state index in [2.05, 4.69) is 46.2 Å². The third-order valence-electron chi connectivity index (χ3n) is 2.90. The van der Waals surface area contributed by atoms with Crippen LogP contribution in [0, 0.1) is 0 Å². The van der Waals surface area contributed by atoms with Gasteiger partial charge < -0.3 is 21.2 Å². The van der Waals surface area contributed by atoms with E-state index in [0.717, 1.165) is 6.04 Å². The molecule has 0 amide bonds. The SMILES string of the molecule is CC[Si]1(C)O[Si](C)(C)O[Si](C)(C)O[Si](C)(COC)O1. The smallest absolute Gasteiger partial charge is 0.344 e.